The molecular formula is C19H20N6O. The van der Waals surface area contributed by atoms with Gasteiger partial charge in [0.2, 0.25) is 5.91 Å². The Labute approximate surface area is 150 Å². The molecule has 0 aliphatic heterocycles. The van der Waals surface area contributed by atoms with Crippen molar-refractivity contribution >= 4 is 22.8 Å². The molecule has 0 radical (unpaired) electrons. The zero-order chi connectivity index (χ0) is 18.1. The molecule has 3 heterocycles. The van der Waals surface area contributed by atoms with Gasteiger partial charge in [0.1, 0.15) is 11.5 Å². The van der Waals surface area contributed by atoms with Gasteiger partial charge in [-0.25, -0.2) is 4.68 Å². The standard InChI is InChI=1S/C19H20N6O/c1-13(25-10-6-7-11-25)12-15(26)20-18-16-17(14-8-4-3-5-9-14)23-24(2)19(16)22-21-18/h3-11,13H,12H2,1-2H3,(H2,20,21,22,26). The minimum Gasteiger partial charge on any atom is -0.351 e. The lowest BCUT2D eigenvalue weighted by Crippen LogP contribution is -2.17. The van der Waals surface area contributed by atoms with Crippen LogP contribution in [0.15, 0.2) is 54.9 Å². The average Bonchev–Trinajstić information content (AvgIpc) is 3.35. The van der Waals surface area contributed by atoms with E-state index in [0.29, 0.717) is 17.9 Å². The topological polar surface area (TPSA) is 80.5 Å². The van der Waals surface area contributed by atoms with Crippen molar-refractivity contribution in [3.8, 4) is 11.3 Å². The monoisotopic (exact) mass is 348 g/mol. The first-order chi connectivity index (χ1) is 12.6. The number of nitrogens with zero attached hydrogens (tertiary/aromatic N) is 4. The van der Waals surface area contributed by atoms with Gasteiger partial charge in [-0.1, -0.05) is 30.3 Å². The van der Waals surface area contributed by atoms with E-state index >= 15 is 0 Å². The lowest BCUT2D eigenvalue weighted by atomic mass is 10.1. The molecule has 1 aromatic carbocycles. The molecule has 4 rings (SSSR count). The summed E-state index contributed by atoms with van der Waals surface area (Å²) in [7, 11) is 1.84. The fraction of sp³-hybridized carbons (Fsp3) is 0.211. The van der Waals surface area contributed by atoms with Gasteiger partial charge < -0.3 is 9.88 Å². The molecule has 7 heteroatoms. The molecule has 132 valence electrons. The lowest BCUT2D eigenvalue weighted by molar-refractivity contribution is -0.116. The first kappa shape index (κ1) is 16.1. The van der Waals surface area contributed by atoms with Crippen LogP contribution in [0.4, 0.5) is 5.82 Å². The number of anilines is 1. The number of fused-ring (bicyclic) bond motifs is 1. The minimum atomic E-state index is -0.0698. The van der Waals surface area contributed by atoms with Crippen molar-refractivity contribution in [2.45, 2.75) is 19.4 Å². The summed E-state index contributed by atoms with van der Waals surface area (Å²) in [5, 5.41) is 15.6. The maximum Gasteiger partial charge on any atom is 0.227 e. The fourth-order valence-corrected chi connectivity index (χ4v) is 3.13. The van der Waals surface area contributed by atoms with Gasteiger partial charge in [0, 0.05) is 37.5 Å². The van der Waals surface area contributed by atoms with Gasteiger partial charge in [0.25, 0.3) is 0 Å². The summed E-state index contributed by atoms with van der Waals surface area (Å²) in [6, 6.07) is 13.9. The van der Waals surface area contributed by atoms with Crippen molar-refractivity contribution in [3.05, 3.63) is 54.9 Å². The SMILES string of the molecule is CC(CC(=O)Nc1[nH]nc2c1c(-c1ccccc1)nn2C)n1cccc1. The summed E-state index contributed by atoms with van der Waals surface area (Å²) in [5.74, 6) is 0.510. The number of carbonyl (C=O) groups is 1. The van der Waals surface area contributed by atoms with E-state index in [4.69, 9.17) is 0 Å². The van der Waals surface area contributed by atoms with Gasteiger partial charge in [0.15, 0.2) is 5.65 Å². The van der Waals surface area contributed by atoms with Crippen LogP contribution in [0.25, 0.3) is 22.3 Å². The minimum absolute atomic E-state index is 0.0698. The Morgan fingerprint density at radius 3 is 2.65 bits per heavy atom. The summed E-state index contributed by atoms with van der Waals surface area (Å²) < 4.78 is 3.73. The summed E-state index contributed by atoms with van der Waals surface area (Å²) >= 11 is 0. The maximum absolute atomic E-state index is 12.5. The maximum atomic E-state index is 12.5. The van der Waals surface area contributed by atoms with E-state index in [2.05, 4.69) is 20.6 Å². The molecule has 7 nitrogen and oxygen atoms in total. The third-order valence-electron chi connectivity index (χ3n) is 4.47. The van der Waals surface area contributed by atoms with Crippen LogP contribution in [0.1, 0.15) is 19.4 Å². The first-order valence-electron chi connectivity index (χ1n) is 8.52. The highest BCUT2D eigenvalue weighted by atomic mass is 16.1. The molecule has 0 bridgehead atoms. The number of benzene rings is 1. The number of rotatable bonds is 5. The predicted molar refractivity (Wildman–Crippen MR) is 101 cm³/mol. The first-order valence-corrected chi connectivity index (χ1v) is 8.52. The van der Waals surface area contributed by atoms with E-state index < -0.39 is 0 Å². The Hall–Kier alpha value is -3.35. The normalized spacial score (nSPS) is 12.4. The highest BCUT2D eigenvalue weighted by Crippen LogP contribution is 2.31. The summed E-state index contributed by atoms with van der Waals surface area (Å²) in [4.78, 5) is 12.5. The molecule has 0 aliphatic carbocycles. The molecule has 1 atom stereocenters. The molecule has 1 unspecified atom stereocenters. The number of aromatic amines is 1. The fourth-order valence-electron chi connectivity index (χ4n) is 3.13. The molecule has 0 saturated carbocycles. The van der Waals surface area contributed by atoms with E-state index in [1.165, 1.54) is 0 Å². The molecule has 26 heavy (non-hydrogen) atoms. The van der Waals surface area contributed by atoms with Crippen LogP contribution in [0.2, 0.25) is 0 Å². The largest absolute Gasteiger partial charge is 0.351 e. The Morgan fingerprint density at radius 1 is 1.19 bits per heavy atom. The van der Waals surface area contributed by atoms with E-state index in [9.17, 15) is 4.79 Å². The van der Waals surface area contributed by atoms with Crippen LogP contribution in [0.5, 0.6) is 0 Å². The number of aryl methyl sites for hydroxylation is 1. The third-order valence-corrected chi connectivity index (χ3v) is 4.47. The zero-order valence-corrected chi connectivity index (χ0v) is 14.7. The van der Waals surface area contributed by atoms with Crippen LogP contribution in [-0.2, 0) is 11.8 Å². The van der Waals surface area contributed by atoms with Crippen molar-refractivity contribution in [3.63, 3.8) is 0 Å². The van der Waals surface area contributed by atoms with Gasteiger partial charge in [-0.2, -0.15) is 10.2 Å². The highest BCUT2D eigenvalue weighted by Gasteiger charge is 2.20. The molecule has 0 saturated heterocycles. The zero-order valence-electron chi connectivity index (χ0n) is 14.7. The van der Waals surface area contributed by atoms with E-state index in [1.807, 2.05) is 73.4 Å². The number of aromatic nitrogens is 5. The Balaban J connectivity index is 1.62. The molecular weight excluding hydrogens is 328 g/mol. The van der Waals surface area contributed by atoms with E-state index in [-0.39, 0.29) is 11.9 Å². The molecule has 1 amide bonds. The summed E-state index contributed by atoms with van der Waals surface area (Å²) in [6.07, 6.45) is 4.29. The second-order valence-corrected chi connectivity index (χ2v) is 6.37. The number of nitrogens with one attached hydrogen (secondary N) is 2. The van der Waals surface area contributed by atoms with Gasteiger partial charge in [-0.3, -0.25) is 9.89 Å². The number of amides is 1. The van der Waals surface area contributed by atoms with Gasteiger partial charge in [-0.05, 0) is 19.1 Å². The summed E-state index contributed by atoms with van der Waals surface area (Å²) in [6.45, 7) is 2.02. The number of hydrogen-bond acceptors (Lipinski definition) is 3. The number of hydrogen-bond donors (Lipinski definition) is 2. The Kier molecular flexibility index (Phi) is 4.04. The van der Waals surface area contributed by atoms with Crippen molar-refractivity contribution in [1.29, 1.82) is 0 Å². The van der Waals surface area contributed by atoms with E-state index in [0.717, 1.165) is 16.6 Å². The molecule has 0 aliphatic rings. The molecule has 0 spiro atoms. The number of carbonyl (C=O) groups excluding carboxylic acids is 1. The number of H-pyrrole nitrogens is 1. The van der Waals surface area contributed by atoms with Crippen LogP contribution in [-0.4, -0.2) is 30.5 Å². The second kappa shape index (κ2) is 6.51. The third kappa shape index (κ3) is 2.88. The average molecular weight is 348 g/mol. The van der Waals surface area contributed by atoms with Gasteiger partial charge in [0.05, 0.1) is 5.39 Å². The van der Waals surface area contributed by atoms with Crippen molar-refractivity contribution in [2.75, 3.05) is 5.32 Å². The van der Waals surface area contributed by atoms with Crippen molar-refractivity contribution in [1.82, 2.24) is 24.5 Å². The Bertz CT molecular complexity index is 1030. The molecule has 0 fully saturated rings. The predicted octanol–water partition coefficient (Wildman–Crippen LogP) is 3.35. The lowest BCUT2D eigenvalue weighted by Gasteiger charge is -2.13. The molecule has 4 aromatic rings. The quantitative estimate of drug-likeness (QED) is 0.580. The van der Waals surface area contributed by atoms with Crippen LogP contribution in [0.3, 0.4) is 0 Å². The second-order valence-electron chi connectivity index (χ2n) is 6.37. The summed E-state index contributed by atoms with van der Waals surface area (Å²) in [5.41, 5.74) is 2.49. The van der Waals surface area contributed by atoms with Crippen LogP contribution >= 0.6 is 0 Å². The van der Waals surface area contributed by atoms with Crippen LogP contribution in [0, 0.1) is 0 Å². The van der Waals surface area contributed by atoms with E-state index in [1.54, 1.807) is 4.68 Å². The van der Waals surface area contributed by atoms with Crippen molar-refractivity contribution < 1.29 is 4.79 Å². The van der Waals surface area contributed by atoms with Crippen LogP contribution < -0.4 is 5.32 Å². The molecule has 3 aromatic heterocycles. The van der Waals surface area contributed by atoms with Gasteiger partial charge >= 0.3 is 0 Å². The van der Waals surface area contributed by atoms with Gasteiger partial charge in [-0.15, -0.1) is 0 Å². The highest BCUT2D eigenvalue weighted by molar-refractivity contribution is 6.05. The Morgan fingerprint density at radius 2 is 1.92 bits per heavy atom. The molecule has 2 N–H and O–H groups in total. The van der Waals surface area contributed by atoms with Crippen molar-refractivity contribution in [2.24, 2.45) is 7.05 Å². The smallest absolute Gasteiger partial charge is 0.227 e.